The van der Waals surface area contributed by atoms with Crippen LogP contribution < -0.4 is 0 Å². The fraction of sp³-hybridized carbons (Fsp3) is 0.552. The molecule has 3 N–H and O–H groups in total. The first-order valence-corrected chi connectivity index (χ1v) is 12.4. The molecule has 2 aromatic rings. The SMILES string of the molecule is CC(CCO)(CCCCC(O)CCCCC(C)(CC(=O)O)c1ccccc1)c1ccccc1. The third-order valence-corrected chi connectivity index (χ3v) is 7.18. The molecule has 33 heavy (non-hydrogen) atoms. The minimum absolute atomic E-state index is 0.0347. The van der Waals surface area contributed by atoms with E-state index in [0.29, 0.717) is 0 Å². The lowest BCUT2D eigenvalue weighted by Crippen LogP contribution is -2.26. The van der Waals surface area contributed by atoms with Gasteiger partial charge in [0.05, 0.1) is 12.5 Å². The number of rotatable bonds is 16. The van der Waals surface area contributed by atoms with Crippen molar-refractivity contribution in [3.63, 3.8) is 0 Å². The van der Waals surface area contributed by atoms with E-state index in [0.717, 1.165) is 63.4 Å². The van der Waals surface area contributed by atoms with Crippen molar-refractivity contribution in [1.82, 2.24) is 0 Å². The van der Waals surface area contributed by atoms with E-state index in [9.17, 15) is 20.1 Å². The van der Waals surface area contributed by atoms with E-state index < -0.39 is 5.97 Å². The molecule has 0 bridgehead atoms. The molecule has 0 amide bonds. The van der Waals surface area contributed by atoms with Crippen LogP contribution >= 0.6 is 0 Å². The second-order valence-corrected chi connectivity index (χ2v) is 10.0. The molecule has 4 heteroatoms. The van der Waals surface area contributed by atoms with Gasteiger partial charge in [-0.15, -0.1) is 0 Å². The van der Waals surface area contributed by atoms with Crippen molar-refractivity contribution in [2.24, 2.45) is 0 Å². The van der Waals surface area contributed by atoms with Crippen molar-refractivity contribution in [2.75, 3.05) is 6.61 Å². The van der Waals surface area contributed by atoms with Gasteiger partial charge in [0, 0.05) is 12.0 Å². The molecule has 0 aliphatic heterocycles. The Labute approximate surface area is 199 Å². The number of unbranched alkanes of at least 4 members (excludes halogenated alkanes) is 2. The summed E-state index contributed by atoms with van der Waals surface area (Å²) in [7, 11) is 0. The quantitative estimate of drug-likeness (QED) is 0.262. The first-order chi connectivity index (χ1) is 15.8. The number of aliphatic hydroxyl groups excluding tert-OH is 2. The van der Waals surface area contributed by atoms with Gasteiger partial charge in [-0.05, 0) is 48.6 Å². The van der Waals surface area contributed by atoms with Crippen molar-refractivity contribution >= 4 is 5.97 Å². The number of aliphatic hydroxyl groups is 2. The van der Waals surface area contributed by atoms with E-state index in [-0.39, 0.29) is 30.0 Å². The maximum atomic E-state index is 11.4. The molecule has 2 aromatic carbocycles. The summed E-state index contributed by atoms with van der Waals surface area (Å²) in [5, 5.41) is 29.4. The maximum Gasteiger partial charge on any atom is 0.304 e. The Morgan fingerprint density at radius 3 is 1.67 bits per heavy atom. The molecule has 0 spiro atoms. The lowest BCUT2D eigenvalue weighted by Gasteiger charge is -2.30. The third-order valence-electron chi connectivity index (χ3n) is 7.18. The monoisotopic (exact) mass is 454 g/mol. The molecule has 0 aliphatic carbocycles. The molecule has 4 nitrogen and oxygen atoms in total. The van der Waals surface area contributed by atoms with Gasteiger partial charge < -0.3 is 15.3 Å². The molecule has 0 aliphatic rings. The molecule has 182 valence electrons. The molecular weight excluding hydrogens is 412 g/mol. The van der Waals surface area contributed by atoms with E-state index >= 15 is 0 Å². The van der Waals surface area contributed by atoms with Crippen molar-refractivity contribution in [3.05, 3.63) is 71.8 Å². The molecule has 0 radical (unpaired) electrons. The molecule has 3 atom stereocenters. The lowest BCUT2D eigenvalue weighted by molar-refractivity contribution is -0.138. The van der Waals surface area contributed by atoms with Gasteiger partial charge in [0.15, 0.2) is 0 Å². The zero-order valence-corrected chi connectivity index (χ0v) is 20.4. The highest BCUT2D eigenvalue weighted by molar-refractivity contribution is 5.69. The van der Waals surface area contributed by atoms with E-state index in [1.165, 1.54) is 5.56 Å². The average Bonchev–Trinajstić information content (AvgIpc) is 2.80. The Hall–Kier alpha value is -2.17. The highest BCUT2D eigenvalue weighted by Crippen LogP contribution is 2.34. The number of carboxylic acids is 1. The van der Waals surface area contributed by atoms with E-state index in [1.54, 1.807) is 0 Å². The number of benzene rings is 2. The number of hydrogen-bond donors (Lipinski definition) is 3. The number of aliphatic carboxylic acids is 1. The molecule has 0 aromatic heterocycles. The molecule has 0 heterocycles. The van der Waals surface area contributed by atoms with Crippen LogP contribution in [-0.2, 0) is 15.6 Å². The fourth-order valence-electron chi connectivity index (χ4n) is 4.94. The zero-order chi connectivity index (χ0) is 24.2. The van der Waals surface area contributed by atoms with Crippen molar-refractivity contribution in [1.29, 1.82) is 0 Å². The normalized spacial score (nSPS) is 16.0. The van der Waals surface area contributed by atoms with Crippen molar-refractivity contribution < 1.29 is 20.1 Å². The van der Waals surface area contributed by atoms with Gasteiger partial charge in [-0.3, -0.25) is 4.79 Å². The van der Waals surface area contributed by atoms with Crippen LogP contribution in [0.15, 0.2) is 60.7 Å². The van der Waals surface area contributed by atoms with Gasteiger partial charge in [0.2, 0.25) is 0 Å². The summed E-state index contributed by atoms with van der Waals surface area (Å²) in [5.41, 5.74) is 1.92. The van der Waals surface area contributed by atoms with E-state index in [2.05, 4.69) is 19.1 Å². The van der Waals surface area contributed by atoms with Crippen molar-refractivity contribution in [3.8, 4) is 0 Å². The van der Waals surface area contributed by atoms with Crippen LogP contribution in [0, 0.1) is 0 Å². The largest absolute Gasteiger partial charge is 0.481 e. The first-order valence-electron chi connectivity index (χ1n) is 12.4. The smallest absolute Gasteiger partial charge is 0.304 e. The van der Waals surface area contributed by atoms with Crippen molar-refractivity contribution in [2.45, 2.75) is 95.0 Å². The second-order valence-electron chi connectivity index (χ2n) is 10.0. The summed E-state index contributed by atoms with van der Waals surface area (Å²) in [6.45, 7) is 4.43. The minimum Gasteiger partial charge on any atom is -0.481 e. The minimum atomic E-state index is -0.773. The summed E-state index contributed by atoms with van der Waals surface area (Å²) in [4.78, 5) is 11.4. The Kier molecular flexibility index (Phi) is 11.1. The van der Waals surface area contributed by atoms with Crippen LogP contribution in [0.1, 0.15) is 89.2 Å². The predicted octanol–water partition coefficient (Wildman–Crippen LogP) is 6.24. The maximum absolute atomic E-state index is 11.4. The highest BCUT2D eigenvalue weighted by atomic mass is 16.4. The molecule has 0 saturated carbocycles. The second kappa shape index (κ2) is 13.5. The van der Waals surface area contributed by atoms with Crippen LogP contribution in [0.5, 0.6) is 0 Å². The number of carbonyl (C=O) groups is 1. The van der Waals surface area contributed by atoms with Crippen LogP contribution in [0.2, 0.25) is 0 Å². The molecule has 3 unspecified atom stereocenters. The topological polar surface area (TPSA) is 77.8 Å². The Morgan fingerprint density at radius 1 is 0.758 bits per heavy atom. The number of carboxylic acid groups (broad SMARTS) is 1. The fourth-order valence-corrected chi connectivity index (χ4v) is 4.94. The predicted molar refractivity (Wildman–Crippen MR) is 134 cm³/mol. The highest BCUT2D eigenvalue weighted by Gasteiger charge is 2.29. The summed E-state index contributed by atoms with van der Waals surface area (Å²) in [5.74, 6) is -0.773. The summed E-state index contributed by atoms with van der Waals surface area (Å²) < 4.78 is 0. The van der Waals surface area contributed by atoms with Crippen LogP contribution in [0.25, 0.3) is 0 Å². The third kappa shape index (κ3) is 8.94. The van der Waals surface area contributed by atoms with E-state index in [1.807, 2.05) is 55.5 Å². The van der Waals surface area contributed by atoms with Gasteiger partial charge in [0.1, 0.15) is 0 Å². The molecular formula is C29H42O4. The van der Waals surface area contributed by atoms with E-state index in [4.69, 9.17) is 0 Å². The Balaban J connectivity index is 1.73. The summed E-state index contributed by atoms with van der Waals surface area (Å²) in [6, 6.07) is 20.3. The number of hydrogen-bond acceptors (Lipinski definition) is 3. The summed E-state index contributed by atoms with van der Waals surface area (Å²) >= 11 is 0. The van der Waals surface area contributed by atoms with Gasteiger partial charge in [-0.2, -0.15) is 0 Å². The lowest BCUT2D eigenvalue weighted by atomic mass is 9.75. The van der Waals surface area contributed by atoms with Crippen LogP contribution in [0.4, 0.5) is 0 Å². The molecule has 2 rings (SSSR count). The van der Waals surface area contributed by atoms with Crippen LogP contribution in [0.3, 0.4) is 0 Å². The van der Waals surface area contributed by atoms with Gasteiger partial charge in [-0.1, -0.05) is 100 Å². The summed E-state index contributed by atoms with van der Waals surface area (Å²) in [6.07, 6.45) is 7.68. The zero-order valence-electron chi connectivity index (χ0n) is 20.4. The Bertz CT molecular complexity index is 807. The van der Waals surface area contributed by atoms with Crippen LogP contribution in [-0.4, -0.2) is 34.0 Å². The Morgan fingerprint density at radius 2 is 1.21 bits per heavy atom. The molecule has 0 saturated heterocycles. The standard InChI is InChI=1S/C29H42O4/c1-28(21-22-30,24-13-5-3-6-14-24)19-11-9-17-26(31)18-10-12-20-29(2,23-27(32)33)25-15-7-4-8-16-25/h3-8,13-16,26,30-31H,9-12,17-23H2,1-2H3,(H,32,33). The van der Waals surface area contributed by atoms with Gasteiger partial charge in [-0.25, -0.2) is 0 Å². The van der Waals surface area contributed by atoms with Gasteiger partial charge in [0.25, 0.3) is 0 Å². The first kappa shape index (κ1) is 27.1. The average molecular weight is 455 g/mol. The molecule has 0 fully saturated rings. The van der Waals surface area contributed by atoms with Gasteiger partial charge >= 0.3 is 5.97 Å².